The second-order valence-electron chi connectivity index (χ2n) is 3.93. The Labute approximate surface area is 104 Å². The van der Waals surface area contributed by atoms with Crippen LogP contribution in [0.25, 0.3) is 22.6 Å². The number of furan rings is 1. The van der Waals surface area contributed by atoms with Gasteiger partial charge in [-0.25, -0.2) is 0 Å². The fourth-order valence-corrected chi connectivity index (χ4v) is 1.74. The summed E-state index contributed by atoms with van der Waals surface area (Å²) < 4.78 is 11.2. The average Bonchev–Trinajstić information content (AvgIpc) is 3.02. The number of fused-ring (bicyclic) bond motifs is 1. The van der Waals surface area contributed by atoms with E-state index in [1.165, 1.54) is 0 Å². The van der Waals surface area contributed by atoms with E-state index >= 15 is 0 Å². The van der Waals surface area contributed by atoms with E-state index in [9.17, 15) is 0 Å². The molecule has 0 bridgehead atoms. The maximum Gasteiger partial charge on any atom is 0.283 e. The molecule has 1 aromatic carbocycles. The lowest BCUT2D eigenvalue weighted by molar-refractivity contribution is 0.468. The van der Waals surface area contributed by atoms with Gasteiger partial charge in [-0.1, -0.05) is 25.1 Å². The van der Waals surface area contributed by atoms with Gasteiger partial charge >= 0.3 is 0 Å². The first-order valence-corrected chi connectivity index (χ1v) is 5.89. The molecule has 0 aliphatic heterocycles. The summed E-state index contributed by atoms with van der Waals surface area (Å²) in [7, 11) is 0. The second kappa shape index (κ2) is 4.62. The van der Waals surface area contributed by atoms with Crippen LogP contribution in [-0.2, 0) is 6.54 Å². The third-order valence-corrected chi connectivity index (χ3v) is 2.63. The number of hydrogen-bond acceptors (Lipinski definition) is 5. The molecular formula is C13H13N3O2. The highest BCUT2D eigenvalue weighted by Gasteiger charge is 2.12. The van der Waals surface area contributed by atoms with E-state index in [1.54, 1.807) is 0 Å². The summed E-state index contributed by atoms with van der Waals surface area (Å²) in [5.74, 6) is 1.58. The van der Waals surface area contributed by atoms with Gasteiger partial charge in [-0.05, 0) is 18.7 Å². The van der Waals surface area contributed by atoms with Gasteiger partial charge in [0.2, 0.25) is 5.89 Å². The molecule has 0 spiro atoms. The summed E-state index contributed by atoms with van der Waals surface area (Å²) in [5.41, 5.74) is 0.818. The van der Waals surface area contributed by atoms with Crippen LogP contribution in [0.1, 0.15) is 12.8 Å². The zero-order valence-electron chi connectivity index (χ0n) is 10.0. The molecule has 2 heterocycles. The van der Waals surface area contributed by atoms with Crippen molar-refractivity contribution in [2.24, 2.45) is 0 Å². The van der Waals surface area contributed by atoms with E-state index in [2.05, 4.69) is 15.5 Å². The van der Waals surface area contributed by atoms with Crippen molar-refractivity contribution >= 4 is 11.0 Å². The van der Waals surface area contributed by atoms with E-state index in [0.717, 1.165) is 17.5 Å². The van der Waals surface area contributed by atoms with E-state index in [4.69, 9.17) is 8.83 Å². The number of hydrogen-bond donors (Lipinski definition) is 1. The van der Waals surface area contributed by atoms with Gasteiger partial charge in [0.1, 0.15) is 5.58 Å². The third kappa shape index (κ3) is 2.00. The zero-order valence-corrected chi connectivity index (χ0v) is 10.0. The molecular weight excluding hydrogens is 230 g/mol. The molecule has 1 N–H and O–H groups in total. The Morgan fingerprint density at radius 3 is 2.89 bits per heavy atom. The Morgan fingerprint density at radius 2 is 2.06 bits per heavy atom. The monoisotopic (exact) mass is 243 g/mol. The van der Waals surface area contributed by atoms with E-state index in [-0.39, 0.29) is 0 Å². The fourth-order valence-electron chi connectivity index (χ4n) is 1.74. The van der Waals surface area contributed by atoms with Gasteiger partial charge in [-0.2, -0.15) is 0 Å². The van der Waals surface area contributed by atoms with Gasteiger partial charge < -0.3 is 14.2 Å². The Morgan fingerprint density at radius 1 is 1.17 bits per heavy atom. The van der Waals surface area contributed by atoms with Crippen LogP contribution >= 0.6 is 0 Å². The summed E-state index contributed by atoms with van der Waals surface area (Å²) in [6.45, 7) is 3.46. The molecule has 0 aliphatic rings. The van der Waals surface area contributed by atoms with Crippen LogP contribution in [0, 0.1) is 0 Å². The van der Waals surface area contributed by atoms with Crippen molar-refractivity contribution in [2.75, 3.05) is 6.54 Å². The lowest BCUT2D eigenvalue weighted by atomic mass is 10.2. The first kappa shape index (κ1) is 11.0. The molecule has 0 saturated carbocycles. The van der Waals surface area contributed by atoms with Crippen molar-refractivity contribution in [3.8, 4) is 11.7 Å². The summed E-state index contributed by atoms with van der Waals surface area (Å²) >= 11 is 0. The molecule has 92 valence electrons. The van der Waals surface area contributed by atoms with Crippen LogP contribution in [-0.4, -0.2) is 16.7 Å². The number of benzene rings is 1. The van der Waals surface area contributed by atoms with Gasteiger partial charge in [0.05, 0.1) is 6.54 Å². The van der Waals surface area contributed by atoms with Gasteiger partial charge in [-0.15, -0.1) is 10.2 Å². The predicted octanol–water partition coefficient (Wildman–Crippen LogP) is 2.59. The molecule has 2 aromatic heterocycles. The molecule has 0 fully saturated rings. The van der Waals surface area contributed by atoms with Crippen LogP contribution < -0.4 is 5.32 Å². The average molecular weight is 243 g/mol. The highest BCUT2D eigenvalue weighted by atomic mass is 16.4. The minimum absolute atomic E-state index is 0.416. The van der Waals surface area contributed by atoms with Crippen molar-refractivity contribution < 1.29 is 8.83 Å². The molecule has 5 heteroatoms. The molecule has 18 heavy (non-hydrogen) atoms. The summed E-state index contributed by atoms with van der Waals surface area (Å²) in [6, 6.07) is 9.69. The molecule has 0 aliphatic carbocycles. The number of nitrogens with one attached hydrogen (secondary N) is 1. The van der Waals surface area contributed by atoms with Crippen molar-refractivity contribution in [1.29, 1.82) is 0 Å². The molecule has 0 unspecified atom stereocenters. The standard InChI is InChI=1S/C13H13N3O2/c1-2-14-8-12-15-16-13(18-12)11-7-9-5-3-4-6-10(9)17-11/h3-7,14H,2,8H2,1H3. The molecule has 0 saturated heterocycles. The second-order valence-corrected chi connectivity index (χ2v) is 3.93. The maximum atomic E-state index is 5.66. The highest BCUT2D eigenvalue weighted by molar-refractivity contribution is 5.81. The van der Waals surface area contributed by atoms with Crippen molar-refractivity contribution in [1.82, 2.24) is 15.5 Å². The third-order valence-electron chi connectivity index (χ3n) is 2.63. The van der Waals surface area contributed by atoms with Crippen LogP contribution in [0.2, 0.25) is 0 Å². The molecule has 0 amide bonds. The van der Waals surface area contributed by atoms with Crippen LogP contribution in [0.4, 0.5) is 0 Å². The van der Waals surface area contributed by atoms with Crippen molar-refractivity contribution in [2.45, 2.75) is 13.5 Å². The molecule has 0 atom stereocenters. The molecule has 5 nitrogen and oxygen atoms in total. The fraction of sp³-hybridized carbons (Fsp3) is 0.231. The Bertz CT molecular complexity index is 624. The minimum atomic E-state index is 0.416. The lowest BCUT2D eigenvalue weighted by Gasteiger charge is -1.93. The van der Waals surface area contributed by atoms with E-state index < -0.39 is 0 Å². The molecule has 0 radical (unpaired) electrons. The number of aromatic nitrogens is 2. The largest absolute Gasteiger partial charge is 0.451 e. The Kier molecular flexibility index (Phi) is 2.82. The van der Waals surface area contributed by atoms with Crippen molar-refractivity contribution in [3.63, 3.8) is 0 Å². The predicted molar refractivity (Wildman–Crippen MR) is 66.9 cm³/mol. The van der Waals surface area contributed by atoms with Gasteiger partial charge in [0.15, 0.2) is 5.76 Å². The van der Waals surface area contributed by atoms with Crippen LogP contribution in [0.3, 0.4) is 0 Å². The van der Waals surface area contributed by atoms with E-state index in [1.807, 2.05) is 37.3 Å². The highest BCUT2D eigenvalue weighted by Crippen LogP contribution is 2.26. The van der Waals surface area contributed by atoms with Crippen LogP contribution in [0.15, 0.2) is 39.2 Å². The lowest BCUT2D eigenvalue weighted by Crippen LogP contribution is -2.11. The van der Waals surface area contributed by atoms with E-state index in [0.29, 0.717) is 24.1 Å². The molecule has 3 aromatic rings. The Balaban J connectivity index is 1.91. The first-order valence-electron chi connectivity index (χ1n) is 5.89. The van der Waals surface area contributed by atoms with Crippen LogP contribution in [0.5, 0.6) is 0 Å². The molecule has 3 rings (SSSR count). The first-order chi connectivity index (χ1) is 8.86. The van der Waals surface area contributed by atoms with Crippen molar-refractivity contribution in [3.05, 3.63) is 36.2 Å². The van der Waals surface area contributed by atoms with Gasteiger partial charge in [0.25, 0.3) is 5.89 Å². The quantitative estimate of drug-likeness (QED) is 0.763. The zero-order chi connectivity index (χ0) is 12.4. The summed E-state index contributed by atoms with van der Waals surface area (Å²) in [5, 5.41) is 12.1. The maximum absolute atomic E-state index is 5.66. The number of nitrogens with zero attached hydrogens (tertiary/aromatic N) is 2. The topological polar surface area (TPSA) is 64.1 Å². The number of rotatable bonds is 4. The normalized spacial score (nSPS) is 11.2. The SMILES string of the molecule is CCNCc1nnc(-c2cc3ccccc3o2)o1. The Hall–Kier alpha value is -2.14. The summed E-state index contributed by atoms with van der Waals surface area (Å²) in [6.07, 6.45) is 0. The van der Waals surface area contributed by atoms with Gasteiger partial charge in [0, 0.05) is 5.39 Å². The summed E-state index contributed by atoms with van der Waals surface area (Å²) in [4.78, 5) is 0. The number of para-hydroxylation sites is 1. The smallest absolute Gasteiger partial charge is 0.283 e. The van der Waals surface area contributed by atoms with Gasteiger partial charge in [-0.3, -0.25) is 0 Å². The minimum Gasteiger partial charge on any atom is -0.451 e.